The Kier molecular flexibility index (Phi) is 7.51. The highest BCUT2D eigenvalue weighted by atomic mass is 32.7. The number of aromatic amines is 1. The number of H-pyrrole nitrogens is 1. The van der Waals surface area contributed by atoms with Crippen molar-refractivity contribution < 1.29 is 46.9 Å². The molecule has 26 heteroatoms. The number of aliphatic hydroxyl groups is 2. The van der Waals surface area contributed by atoms with Gasteiger partial charge in [-0.3, -0.25) is 31.9 Å². The summed E-state index contributed by atoms with van der Waals surface area (Å²) in [5.74, 6) is 0.221. The van der Waals surface area contributed by atoms with Gasteiger partial charge in [0, 0.05) is 12.4 Å². The molecule has 3 aliphatic heterocycles. The van der Waals surface area contributed by atoms with Gasteiger partial charge in [-0.15, -0.1) is 5.10 Å². The molecule has 0 radical (unpaired) electrons. The van der Waals surface area contributed by atoms with Gasteiger partial charge < -0.3 is 30.4 Å². The topological polar surface area (TPSA) is 280 Å². The van der Waals surface area contributed by atoms with Crippen molar-refractivity contribution in [1.82, 2.24) is 48.9 Å². The van der Waals surface area contributed by atoms with E-state index in [2.05, 4.69) is 59.7 Å². The van der Waals surface area contributed by atoms with Gasteiger partial charge in [0.25, 0.3) is 5.56 Å². The van der Waals surface area contributed by atoms with Crippen molar-refractivity contribution in [2.24, 2.45) is 0 Å². The van der Waals surface area contributed by atoms with Gasteiger partial charge in [0.1, 0.15) is 43.0 Å². The molecule has 2 bridgehead atoms. The number of nitrogens with one attached hydrogen (secondary N) is 1. The van der Waals surface area contributed by atoms with Crippen LogP contribution in [0.25, 0.3) is 28.1 Å². The molecule has 8 rings (SSSR count). The number of aliphatic hydroxyl groups excluding tert-OH is 2. The third-order valence-electron chi connectivity index (χ3n) is 7.81. The fourth-order valence-corrected chi connectivity index (χ4v) is 8.58. The van der Waals surface area contributed by atoms with Crippen LogP contribution < -0.4 is 11.3 Å². The maximum absolute atomic E-state index is 13.6. The van der Waals surface area contributed by atoms with Crippen LogP contribution in [-0.2, 0) is 36.7 Å². The van der Waals surface area contributed by atoms with Gasteiger partial charge in [0.15, 0.2) is 40.6 Å². The van der Waals surface area contributed by atoms with Crippen molar-refractivity contribution in [3.63, 3.8) is 0 Å². The SMILES string of the molecule is Nc1ncnc2c1nnn2[C@@H]1O[C@@H]2COP(=O)(S)O[C@H]3[C@@H](O)[C@H](n4cnc5c(=O)n6cc[nH]c6nc54)O[C@@H]3COP(=O)(S)O[C@@H]1[C@@H]2O. The smallest absolute Gasteiger partial charge is 0.386 e. The second-order valence-electron chi connectivity index (χ2n) is 10.6. The van der Waals surface area contributed by atoms with Crippen molar-refractivity contribution in [3.8, 4) is 0 Å². The van der Waals surface area contributed by atoms with Gasteiger partial charge in [0.05, 0.1) is 19.5 Å². The van der Waals surface area contributed by atoms with Crippen molar-refractivity contribution in [2.75, 3.05) is 18.9 Å². The number of hydrogen-bond acceptors (Lipinski definition) is 18. The van der Waals surface area contributed by atoms with Crippen LogP contribution >= 0.6 is 38.1 Å². The number of hydrogen-bond donors (Lipinski definition) is 6. The average molecular weight is 732 g/mol. The molecule has 3 saturated heterocycles. The summed E-state index contributed by atoms with van der Waals surface area (Å²) >= 11 is 8.16. The molecule has 8 heterocycles. The minimum absolute atomic E-state index is 0.0201. The molecule has 10 atom stereocenters. The normalized spacial score (nSPS) is 36.8. The molecule has 5 aromatic heterocycles. The summed E-state index contributed by atoms with van der Waals surface area (Å²) in [6.07, 6.45) is -5.93. The summed E-state index contributed by atoms with van der Waals surface area (Å²) in [5.41, 5.74) is 5.66. The predicted octanol–water partition coefficient (Wildman–Crippen LogP) is -0.401. The van der Waals surface area contributed by atoms with Gasteiger partial charge in [0.2, 0.25) is 5.78 Å². The number of thiol groups is 2. The number of anilines is 1. The van der Waals surface area contributed by atoms with E-state index in [4.69, 9.17) is 33.3 Å². The zero-order valence-corrected chi connectivity index (χ0v) is 26.9. The standard InChI is InChI=1S/C21H23N11O11P2S2/c22-15-9-16(25-5-24-15)32(29-28-9)20-14-11(33)7(40-20)3-38-44(36,46)42-13-8(4-39-45(37,47)43-14)41-19(12(13)34)31-6-26-10-17(31)27-21-23-1-2-30(21)18(10)35/h1-2,5-8,11-14,19-20,33-34H,3-4H2,(H,23,27)(H,36,46)(H,37,47)(H2,22,24,25)/t7-,8-,11-,12-,13-,14-,19-,20-,44?,45?/m1/s1. The van der Waals surface area contributed by atoms with Crippen molar-refractivity contribution in [2.45, 2.75) is 49.1 Å². The van der Waals surface area contributed by atoms with Gasteiger partial charge in [-0.2, -0.15) is 9.67 Å². The molecule has 47 heavy (non-hydrogen) atoms. The lowest BCUT2D eigenvalue weighted by atomic mass is 10.1. The minimum atomic E-state index is -4.38. The van der Waals surface area contributed by atoms with E-state index in [-0.39, 0.29) is 33.9 Å². The summed E-state index contributed by atoms with van der Waals surface area (Å²) in [6.45, 7) is -9.92. The van der Waals surface area contributed by atoms with E-state index in [1.54, 1.807) is 0 Å². The molecule has 250 valence electrons. The minimum Gasteiger partial charge on any atom is -0.387 e. The third kappa shape index (κ3) is 5.28. The van der Waals surface area contributed by atoms with E-state index in [0.717, 1.165) is 11.0 Å². The average Bonchev–Trinajstić information content (AvgIpc) is 3.85. The Morgan fingerprint density at radius 2 is 1.66 bits per heavy atom. The highest BCUT2D eigenvalue weighted by Crippen LogP contribution is 2.60. The number of aromatic nitrogens is 10. The van der Waals surface area contributed by atoms with Crippen LogP contribution in [0.15, 0.2) is 29.8 Å². The molecule has 0 saturated carbocycles. The molecule has 0 aliphatic carbocycles. The first kappa shape index (κ1) is 31.3. The van der Waals surface area contributed by atoms with Crippen LogP contribution in [0.4, 0.5) is 5.82 Å². The Labute approximate surface area is 270 Å². The van der Waals surface area contributed by atoms with Gasteiger partial charge in [-0.1, -0.05) is 29.7 Å². The van der Waals surface area contributed by atoms with Crippen LogP contribution in [-0.4, -0.2) is 109 Å². The molecule has 22 nitrogen and oxygen atoms in total. The maximum atomic E-state index is 13.6. The Balaban J connectivity index is 1.12. The highest BCUT2D eigenvalue weighted by Gasteiger charge is 2.53. The molecule has 3 aliphatic rings. The molecule has 3 fully saturated rings. The summed E-state index contributed by atoms with van der Waals surface area (Å²) in [4.78, 5) is 32.2. The fraction of sp³-hybridized carbons (Fsp3) is 0.476. The van der Waals surface area contributed by atoms with Crippen LogP contribution in [0.1, 0.15) is 12.5 Å². The van der Waals surface area contributed by atoms with Gasteiger partial charge in [-0.25, -0.2) is 24.1 Å². The van der Waals surface area contributed by atoms with Gasteiger partial charge >= 0.3 is 13.6 Å². The van der Waals surface area contributed by atoms with Gasteiger partial charge in [-0.05, 0) is 0 Å². The van der Waals surface area contributed by atoms with Crippen molar-refractivity contribution in [3.05, 3.63) is 35.4 Å². The third-order valence-corrected chi connectivity index (χ3v) is 11.0. The Morgan fingerprint density at radius 3 is 2.45 bits per heavy atom. The maximum Gasteiger partial charge on any atom is 0.386 e. The Morgan fingerprint density at radius 1 is 0.936 bits per heavy atom. The van der Waals surface area contributed by atoms with E-state index in [1.807, 2.05) is 0 Å². The number of rotatable bonds is 2. The predicted molar refractivity (Wildman–Crippen MR) is 161 cm³/mol. The number of fused-ring (bicyclic) bond motifs is 6. The molecular weight excluding hydrogens is 708 g/mol. The van der Waals surface area contributed by atoms with E-state index in [9.17, 15) is 24.1 Å². The molecule has 5 N–H and O–H groups in total. The van der Waals surface area contributed by atoms with E-state index in [1.165, 1.54) is 27.7 Å². The monoisotopic (exact) mass is 731 g/mol. The first-order valence-corrected chi connectivity index (χ1v) is 19.0. The van der Waals surface area contributed by atoms with E-state index < -0.39 is 81.4 Å². The summed E-state index contributed by atoms with van der Waals surface area (Å²) in [5, 5.41) is 30.4. The number of imidazole rings is 2. The Hall–Kier alpha value is -2.99. The summed E-state index contributed by atoms with van der Waals surface area (Å²) < 4.78 is 65.0. The molecular formula is C21H23N11O11P2S2. The number of nitrogens with zero attached hydrogens (tertiary/aromatic N) is 9. The molecule has 2 unspecified atom stereocenters. The zero-order valence-electron chi connectivity index (χ0n) is 23.3. The van der Waals surface area contributed by atoms with E-state index >= 15 is 0 Å². The molecule has 0 amide bonds. The quantitative estimate of drug-likeness (QED) is 0.0995. The Bertz CT molecular complexity index is 2180. The largest absolute Gasteiger partial charge is 0.387 e. The van der Waals surface area contributed by atoms with Crippen LogP contribution in [0.5, 0.6) is 0 Å². The number of ether oxygens (including phenoxy) is 2. The van der Waals surface area contributed by atoms with Crippen molar-refractivity contribution in [1.29, 1.82) is 0 Å². The van der Waals surface area contributed by atoms with E-state index in [0.29, 0.717) is 0 Å². The molecule has 0 aromatic carbocycles. The van der Waals surface area contributed by atoms with Crippen LogP contribution in [0.2, 0.25) is 0 Å². The second kappa shape index (κ2) is 11.3. The first-order chi connectivity index (χ1) is 22.4. The lowest BCUT2D eigenvalue weighted by molar-refractivity contribution is -0.0613. The highest BCUT2D eigenvalue weighted by molar-refractivity contribution is 8.44. The number of nitrogen functional groups attached to an aromatic ring is 1. The molecule has 0 spiro atoms. The van der Waals surface area contributed by atoms with Crippen LogP contribution in [0, 0.1) is 0 Å². The fourth-order valence-electron chi connectivity index (χ4n) is 5.63. The summed E-state index contributed by atoms with van der Waals surface area (Å²) in [6, 6.07) is 0. The van der Waals surface area contributed by atoms with Crippen LogP contribution in [0.3, 0.4) is 0 Å². The first-order valence-electron chi connectivity index (χ1n) is 13.6. The van der Waals surface area contributed by atoms with Crippen molar-refractivity contribution >= 4 is 72.0 Å². The number of nitrogens with two attached hydrogens (primary N) is 1. The lowest BCUT2D eigenvalue weighted by Crippen LogP contribution is -2.36. The summed E-state index contributed by atoms with van der Waals surface area (Å²) in [7, 11) is 0. The lowest BCUT2D eigenvalue weighted by Gasteiger charge is -2.26. The zero-order chi connectivity index (χ0) is 32.8. The second-order valence-corrected chi connectivity index (χ2v) is 16.4. The molecule has 5 aromatic rings.